The summed E-state index contributed by atoms with van der Waals surface area (Å²) in [5, 5.41) is 10.7. The van der Waals surface area contributed by atoms with Crippen molar-refractivity contribution in [3.8, 4) is 5.75 Å². The first-order chi connectivity index (χ1) is 14.2. The molecule has 0 fully saturated rings. The van der Waals surface area contributed by atoms with Crippen molar-refractivity contribution in [3.63, 3.8) is 0 Å². The van der Waals surface area contributed by atoms with Gasteiger partial charge in [-0.25, -0.2) is 0 Å². The molecule has 0 spiro atoms. The molecule has 0 amide bonds. The average molecular weight is 465 g/mol. The lowest BCUT2D eigenvalue weighted by molar-refractivity contribution is -0.384. The van der Waals surface area contributed by atoms with Crippen LogP contribution in [-0.4, -0.2) is 19.6 Å². The minimum Gasteiger partial charge on any atom is -0.376 e. The van der Waals surface area contributed by atoms with Crippen molar-refractivity contribution in [1.29, 1.82) is 0 Å². The number of non-ortho nitro benzene ring substituents is 1. The van der Waals surface area contributed by atoms with E-state index in [0.29, 0.717) is 11.3 Å². The predicted octanol–water partition coefficient (Wildman–Crippen LogP) is 5.73. The number of nitro groups is 1. The van der Waals surface area contributed by atoms with Crippen LogP contribution in [0.4, 0.5) is 11.4 Å². The summed E-state index contributed by atoms with van der Waals surface area (Å²) < 4.78 is 30.1. The van der Waals surface area contributed by atoms with E-state index in [1.807, 2.05) is 6.92 Å². The number of hydrogen-bond donors (Lipinski definition) is 0. The summed E-state index contributed by atoms with van der Waals surface area (Å²) >= 11 is 12.4. The molecule has 0 bridgehead atoms. The van der Waals surface area contributed by atoms with Crippen LogP contribution < -0.4 is 4.18 Å². The second-order valence-corrected chi connectivity index (χ2v) is 8.56. The summed E-state index contributed by atoms with van der Waals surface area (Å²) in [6.07, 6.45) is 1.44. The highest BCUT2D eigenvalue weighted by atomic mass is 35.5. The zero-order valence-electron chi connectivity index (χ0n) is 15.5. The van der Waals surface area contributed by atoms with Crippen molar-refractivity contribution in [1.82, 2.24) is 0 Å². The van der Waals surface area contributed by atoms with Crippen molar-refractivity contribution < 1.29 is 17.5 Å². The molecule has 0 unspecified atom stereocenters. The molecule has 30 heavy (non-hydrogen) atoms. The van der Waals surface area contributed by atoms with Crippen molar-refractivity contribution >= 4 is 50.9 Å². The van der Waals surface area contributed by atoms with Crippen molar-refractivity contribution in [2.45, 2.75) is 11.8 Å². The maximum absolute atomic E-state index is 12.5. The lowest BCUT2D eigenvalue weighted by atomic mass is 10.2. The molecule has 0 atom stereocenters. The Morgan fingerprint density at radius 1 is 1.00 bits per heavy atom. The summed E-state index contributed by atoms with van der Waals surface area (Å²) in [4.78, 5) is 14.4. The van der Waals surface area contributed by atoms with E-state index in [0.717, 1.165) is 5.56 Å². The Bertz CT molecular complexity index is 1200. The van der Waals surface area contributed by atoms with E-state index in [1.54, 1.807) is 12.1 Å². The molecule has 3 aromatic carbocycles. The van der Waals surface area contributed by atoms with Gasteiger partial charge in [0.05, 0.1) is 20.7 Å². The molecule has 10 heteroatoms. The highest BCUT2D eigenvalue weighted by molar-refractivity contribution is 7.87. The molecule has 0 aliphatic rings. The minimum atomic E-state index is -4.11. The van der Waals surface area contributed by atoms with Crippen LogP contribution in [0.25, 0.3) is 0 Å². The topological polar surface area (TPSA) is 98.9 Å². The van der Waals surface area contributed by atoms with Crippen LogP contribution in [0.1, 0.15) is 11.1 Å². The van der Waals surface area contributed by atoms with Gasteiger partial charge >= 0.3 is 10.1 Å². The summed E-state index contributed by atoms with van der Waals surface area (Å²) in [5.74, 6) is -0.189. The number of aliphatic imine (C=N–C) groups is 1. The van der Waals surface area contributed by atoms with E-state index in [4.69, 9.17) is 27.4 Å². The van der Waals surface area contributed by atoms with Gasteiger partial charge in [-0.1, -0.05) is 40.9 Å². The van der Waals surface area contributed by atoms with Crippen LogP contribution in [0.15, 0.2) is 70.6 Å². The van der Waals surface area contributed by atoms with Crippen LogP contribution in [-0.2, 0) is 10.1 Å². The molecule has 0 aliphatic heterocycles. The molecule has 0 aromatic heterocycles. The monoisotopic (exact) mass is 464 g/mol. The van der Waals surface area contributed by atoms with Gasteiger partial charge in [-0.3, -0.25) is 15.1 Å². The number of aryl methyl sites for hydroxylation is 1. The SMILES string of the molecule is Cc1ccc(S(=O)(=O)Oc2c(Cl)cc(C=Nc3ccc([N+](=O)[O-])cc3)cc2Cl)cc1. The van der Waals surface area contributed by atoms with Gasteiger partial charge < -0.3 is 4.18 Å². The lowest BCUT2D eigenvalue weighted by Crippen LogP contribution is -2.10. The summed E-state index contributed by atoms with van der Waals surface area (Å²) in [6, 6.07) is 14.7. The number of nitro benzene ring substituents is 1. The molecular formula is C20H14Cl2N2O5S. The molecule has 0 saturated carbocycles. The number of halogens is 2. The van der Waals surface area contributed by atoms with E-state index in [1.165, 1.54) is 54.7 Å². The van der Waals surface area contributed by atoms with E-state index in [9.17, 15) is 18.5 Å². The van der Waals surface area contributed by atoms with Crippen molar-refractivity contribution in [2.75, 3.05) is 0 Å². The van der Waals surface area contributed by atoms with Crippen molar-refractivity contribution in [3.05, 3.63) is 92.0 Å². The van der Waals surface area contributed by atoms with Gasteiger partial charge in [0.25, 0.3) is 5.69 Å². The summed E-state index contributed by atoms with van der Waals surface area (Å²) in [6.45, 7) is 1.84. The summed E-state index contributed by atoms with van der Waals surface area (Å²) in [5.41, 5.74) is 1.83. The smallest absolute Gasteiger partial charge is 0.339 e. The van der Waals surface area contributed by atoms with Gasteiger partial charge in [0.1, 0.15) is 4.90 Å². The second-order valence-electron chi connectivity index (χ2n) is 6.20. The van der Waals surface area contributed by atoms with Crippen LogP contribution in [0.3, 0.4) is 0 Å². The Morgan fingerprint density at radius 3 is 2.10 bits per heavy atom. The van der Waals surface area contributed by atoms with Crippen LogP contribution in [0, 0.1) is 17.0 Å². The van der Waals surface area contributed by atoms with E-state index < -0.39 is 15.0 Å². The first-order valence-corrected chi connectivity index (χ1v) is 10.6. The maximum Gasteiger partial charge on any atom is 0.339 e. The maximum atomic E-state index is 12.5. The quantitative estimate of drug-likeness (QED) is 0.200. The molecule has 0 saturated heterocycles. The van der Waals surface area contributed by atoms with Gasteiger partial charge in [-0.05, 0) is 48.9 Å². The van der Waals surface area contributed by atoms with E-state index in [-0.39, 0.29) is 26.4 Å². The first kappa shape index (κ1) is 21.8. The molecule has 7 nitrogen and oxygen atoms in total. The molecule has 0 aliphatic carbocycles. The van der Waals surface area contributed by atoms with Gasteiger partial charge in [0.2, 0.25) is 0 Å². The zero-order valence-corrected chi connectivity index (χ0v) is 17.8. The standard InChI is InChI=1S/C20H14Cl2N2O5S/c1-13-2-8-17(9-3-13)30(27,28)29-20-18(21)10-14(11-19(20)22)12-23-15-4-6-16(7-5-15)24(25)26/h2-12H,1H3. The number of nitrogens with zero attached hydrogens (tertiary/aromatic N) is 2. The Labute approximate surface area is 182 Å². The third kappa shape index (κ3) is 5.15. The molecule has 3 rings (SSSR count). The van der Waals surface area contributed by atoms with Gasteiger partial charge in [0.15, 0.2) is 5.75 Å². The van der Waals surface area contributed by atoms with Gasteiger partial charge in [0, 0.05) is 18.3 Å². The fourth-order valence-electron chi connectivity index (χ4n) is 2.41. The number of rotatable bonds is 6. The predicted molar refractivity (Wildman–Crippen MR) is 116 cm³/mol. The van der Waals surface area contributed by atoms with E-state index in [2.05, 4.69) is 4.99 Å². The number of benzene rings is 3. The lowest BCUT2D eigenvalue weighted by Gasteiger charge is -2.11. The average Bonchev–Trinajstić information content (AvgIpc) is 2.70. The largest absolute Gasteiger partial charge is 0.376 e. The minimum absolute atomic E-state index is 0.0108. The van der Waals surface area contributed by atoms with E-state index >= 15 is 0 Å². The fourth-order valence-corrected chi connectivity index (χ4v) is 4.04. The Balaban J connectivity index is 1.83. The number of hydrogen-bond acceptors (Lipinski definition) is 6. The fraction of sp³-hybridized carbons (Fsp3) is 0.0500. The van der Waals surface area contributed by atoms with Crippen LogP contribution in [0.5, 0.6) is 5.75 Å². The molecule has 0 radical (unpaired) electrons. The molecule has 0 N–H and O–H groups in total. The Morgan fingerprint density at radius 2 is 1.57 bits per heavy atom. The molecular weight excluding hydrogens is 451 g/mol. The van der Waals surface area contributed by atoms with Gasteiger partial charge in [-0.15, -0.1) is 0 Å². The molecule has 154 valence electrons. The highest BCUT2D eigenvalue weighted by Gasteiger charge is 2.21. The highest BCUT2D eigenvalue weighted by Crippen LogP contribution is 2.36. The third-order valence-corrected chi connectivity index (χ3v) is 5.74. The Kier molecular flexibility index (Phi) is 6.40. The van der Waals surface area contributed by atoms with Gasteiger partial charge in [-0.2, -0.15) is 8.42 Å². The Hall–Kier alpha value is -2.94. The molecule has 3 aromatic rings. The zero-order chi connectivity index (χ0) is 21.9. The summed E-state index contributed by atoms with van der Waals surface area (Å²) in [7, 11) is -4.11. The third-order valence-electron chi connectivity index (χ3n) is 3.95. The van der Waals surface area contributed by atoms with Crippen LogP contribution >= 0.6 is 23.2 Å². The molecule has 0 heterocycles. The normalized spacial score (nSPS) is 11.6. The first-order valence-electron chi connectivity index (χ1n) is 8.44. The van der Waals surface area contributed by atoms with Crippen LogP contribution in [0.2, 0.25) is 10.0 Å². The second kappa shape index (κ2) is 8.83. The van der Waals surface area contributed by atoms with Crippen molar-refractivity contribution in [2.24, 2.45) is 4.99 Å².